The summed E-state index contributed by atoms with van der Waals surface area (Å²) in [6.45, 7) is 2.41. The summed E-state index contributed by atoms with van der Waals surface area (Å²) >= 11 is 0. The molecule has 1 unspecified atom stereocenters. The largest absolute Gasteiger partial charge is 0.507 e. The van der Waals surface area contributed by atoms with Gasteiger partial charge in [-0.15, -0.1) is 0 Å². The number of likely N-dealkylation sites (tertiary alicyclic amines) is 1. The Morgan fingerprint density at radius 3 is 2.17 bits per heavy atom. The van der Waals surface area contributed by atoms with E-state index in [0.29, 0.717) is 41.4 Å². The number of carbonyl (C=O) groups is 2. The number of aliphatic hydroxyl groups excluding tert-OH is 1. The minimum atomic E-state index is -3.85. The fourth-order valence-electron chi connectivity index (χ4n) is 4.61. The average Bonchev–Trinajstić information content (AvgIpc) is 3.20. The number of amides is 1. The summed E-state index contributed by atoms with van der Waals surface area (Å²) < 4.78 is 39.6. The second-order valence-electron chi connectivity index (χ2n) is 9.00. The molecule has 1 amide bonds. The van der Waals surface area contributed by atoms with E-state index in [1.807, 2.05) is 6.92 Å². The highest BCUT2D eigenvalue weighted by molar-refractivity contribution is 7.89. The molecule has 11 heteroatoms. The fourth-order valence-corrected chi connectivity index (χ4v) is 5.13. The van der Waals surface area contributed by atoms with Crippen molar-refractivity contribution in [2.45, 2.75) is 24.3 Å². The molecule has 210 valence electrons. The van der Waals surface area contributed by atoms with E-state index in [1.54, 1.807) is 54.6 Å². The summed E-state index contributed by atoms with van der Waals surface area (Å²) in [5.41, 5.74) is 1.42. The zero-order chi connectivity index (χ0) is 29.0. The Bertz CT molecular complexity index is 1550. The molecule has 0 bridgehead atoms. The van der Waals surface area contributed by atoms with E-state index >= 15 is 0 Å². The summed E-state index contributed by atoms with van der Waals surface area (Å²) in [6.07, 6.45) is 0.295. The third-order valence-electron chi connectivity index (χ3n) is 6.60. The second kappa shape index (κ2) is 11.8. The predicted molar refractivity (Wildman–Crippen MR) is 148 cm³/mol. The Kier molecular flexibility index (Phi) is 8.46. The number of aliphatic hydroxyl groups is 1. The van der Waals surface area contributed by atoms with Crippen LogP contribution in [0, 0.1) is 0 Å². The molecule has 1 fully saturated rings. The van der Waals surface area contributed by atoms with Gasteiger partial charge in [-0.05, 0) is 73.5 Å². The van der Waals surface area contributed by atoms with Crippen molar-refractivity contribution in [2.24, 2.45) is 5.14 Å². The lowest BCUT2D eigenvalue weighted by molar-refractivity contribution is -0.139. The van der Waals surface area contributed by atoms with Crippen LogP contribution >= 0.6 is 0 Å². The minimum Gasteiger partial charge on any atom is -0.507 e. The highest BCUT2D eigenvalue weighted by Crippen LogP contribution is 2.44. The van der Waals surface area contributed by atoms with Crippen LogP contribution in [0.3, 0.4) is 0 Å². The molecule has 3 aromatic carbocycles. The number of rotatable bonds is 10. The minimum absolute atomic E-state index is 0.0341. The topological polar surface area (TPSA) is 145 Å². The smallest absolute Gasteiger partial charge is 0.295 e. The number of Topliss-reactive ketones (excluding diaryl/α,β-unsaturated/α-hetero) is 1. The zero-order valence-electron chi connectivity index (χ0n) is 22.3. The number of primary sulfonamides is 1. The summed E-state index contributed by atoms with van der Waals surface area (Å²) in [5, 5.41) is 16.5. The molecule has 3 aromatic rings. The monoisotopic (exact) mass is 566 g/mol. The molecule has 0 aliphatic carbocycles. The van der Waals surface area contributed by atoms with Gasteiger partial charge in [-0.1, -0.05) is 12.1 Å². The molecule has 1 heterocycles. The molecule has 0 aromatic heterocycles. The molecule has 0 spiro atoms. The van der Waals surface area contributed by atoms with E-state index in [0.717, 1.165) is 5.56 Å². The molecule has 0 saturated carbocycles. The van der Waals surface area contributed by atoms with E-state index in [4.69, 9.17) is 19.3 Å². The van der Waals surface area contributed by atoms with Crippen LogP contribution in [-0.2, 0) is 26.0 Å². The number of hydrogen-bond acceptors (Lipinski definition) is 8. The molecule has 0 radical (unpaired) electrons. The van der Waals surface area contributed by atoms with Crippen molar-refractivity contribution in [2.75, 3.05) is 27.4 Å². The van der Waals surface area contributed by atoms with Crippen LogP contribution in [0.2, 0.25) is 0 Å². The molecule has 4 rings (SSSR count). The maximum Gasteiger partial charge on any atom is 0.295 e. The maximum absolute atomic E-state index is 13.4. The Hall–Kier alpha value is -4.35. The van der Waals surface area contributed by atoms with Gasteiger partial charge in [0.15, 0.2) is 0 Å². The molecule has 1 aliphatic heterocycles. The number of sulfonamides is 1. The van der Waals surface area contributed by atoms with E-state index in [2.05, 4.69) is 0 Å². The number of ether oxygens (including phenoxy) is 3. The van der Waals surface area contributed by atoms with Gasteiger partial charge in [0.2, 0.25) is 10.0 Å². The van der Waals surface area contributed by atoms with Gasteiger partial charge < -0.3 is 24.2 Å². The number of nitrogens with zero attached hydrogens (tertiary/aromatic N) is 1. The van der Waals surface area contributed by atoms with Crippen molar-refractivity contribution in [3.05, 3.63) is 89.0 Å². The van der Waals surface area contributed by atoms with Gasteiger partial charge in [-0.3, -0.25) is 9.59 Å². The number of carbonyl (C=O) groups excluding carboxylic acids is 2. The highest BCUT2D eigenvalue weighted by Gasteiger charge is 2.47. The van der Waals surface area contributed by atoms with Gasteiger partial charge in [-0.2, -0.15) is 0 Å². The first kappa shape index (κ1) is 28.7. The third-order valence-corrected chi connectivity index (χ3v) is 7.53. The van der Waals surface area contributed by atoms with Gasteiger partial charge in [0.25, 0.3) is 11.7 Å². The van der Waals surface area contributed by atoms with Gasteiger partial charge in [0.05, 0.1) is 37.3 Å². The summed E-state index contributed by atoms with van der Waals surface area (Å²) in [5.74, 6) is -0.501. The standard InChI is InChI=1S/C29H30N2O8S/c1-4-39-20-9-7-19(8-10-20)27(32)25-26(23-17-21(37-2)11-14-24(23)38-3)31(29(34)28(25)33)16-15-18-5-12-22(13-6-18)40(30,35)36/h5-14,17,26,32H,4,15-16H2,1-3H3,(H2,30,35,36). The van der Waals surface area contributed by atoms with Crippen molar-refractivity contribution in [1.29, 1.82) is 0 Å². The summed E-state index contributed by atoms with van der Waals surface area (Å²) in [7, 11) is -0.888. The Balaban J connectivity index is 1.79. The number of nitrogens with two attached hydrogens (primary N) is 1. The van der Waals surface area contributed by atoms with Gasteiger partial charge in [0.1, 0.15) is 23.0 Å². The average molecular weight is 567 g/mol. The Morgan fingerprint density at radius 1 is 0.950 bits per heavy atom. The predicted octanol–water partition coefficient (Wildman–Crippen LogP) is 3.41. The SMILES string of the molecule is CCOc1ccc(C(O)=C2C(=O)C(=O)N(CCc3ccc(S(N)(=O)=O)cc3)C2c2cc(OC)ccc2OC)cc1. The first-order valence-electron chi connectivity index (χ1n) is 12.4. The fraction of sp³-hybridized carbons (Fsp3) is 0.241. The molecule has 3 N–H and O–H groups in total. The van der Waals surface area contributed by atoms with Crippen LogP contribution in [0.15, 0.2) is 77.2 Å². The van der Waals surface area contributed by atoms with Crippen LogP contribution < -0.4 is 19.3 Å². The van der Waals surface area contributed by atoms with Crippen LogP contribution in [0.1, 0.15) is 29.7 Å². The number of methoxy groups -OCH3 is 2. The van der Waals surface area contributed by atoms with E-state index in [1.165, 1.54) is 31.3 Å². The van der Waals surface area contributed by atoms with Gasteiger partial charge in [-0.25, -0.2) is 13.6 Å². The number of benzene rings is 3. The van der Waals surface area contributed by atoms with Crippen LogP contribution in [0.5, 0.6) is 17.2 Å². The first-order chi connectivity index (χ1) is 19.1. The zero-order valence-corrected chi connectivity index (χ0v) is 23.1. The van der Waals surface area contributed by atoms with Gasteiger partial charge >= 0.3 is 0 Å². The molecule has 1 saturated heterocycles. The van der Waals surface area contributed by atoms with Crippen molar-refractivity contribution in [1.82, 2.24) is 4.90 Å². The van der Waals surface area contributed by atoms with E-state index in [-0.39, 0.29) is 22.8 Å². The molecule has 1 aliphatic rings. The van der Waals surface area contributed by atoms with E-state index in [9.17, 15) is 23.1 Å². The van der Waals surface area contributed by atoms with Crippen molar-refractivity contribution in [3.8, 4) is 17.2 Å². The molecule has 40 heavy (non-hydrogen) atoms. The number of ketones is 1. The van der Waals surface area contributed by atoms with E-state index < -0.39 is 27.8 Å². The lowest BCUT2D eigenvalue weighted by Crippen LogP contribution is -2.32. The Morgan fingerprint density at radius 2 is 1.60 bits per heavy atom. The van der Waals surface area contributed by atoms with Crippen LogP contribution in [-0.4, -0.2) is 57.5 Å². The van der Waals surface area contributed by atoms with Crippen LogP contribution in [0.4, 0.5) is 0 Å². The highest BCUT2D eigenvalue weighted by atomic mass is 32.2. The molecular formula is C29H30N2O8S. The van der Waals surface area contributed by atoms with Crippen molar-refractivity contribution < 1.29 is 37.3 Å². The quantitative estimate of drug-likeness (QED) is 0.216. The first-order valence-corrected chi connectivity index (χ1v) is 14.0. The summed E-state index contributed by atoms with van der Waals surface area (Å²) in [4.78, 5) is 28.1. The maximum atomic E-state index is 13.4. The molecule has 1 atom stereocenters. The normalized spacial score (nSPS) is 16.7. The van der Waals surface area contributed by atoms with Gasteiger partial charge in [0, 0.05) is 17.7 Å². The Labute approximate surface area is 232 Å². The molecule has 10 nitrogen and oxygen atoms in total. The lowest BCUT2D eigenvalue weighted by Gasteiger charge is -2.27. The van der Waals surface area contributed by atoms with Crippen molar-refractivity contribution >= 4 is 27.5 Å². The third kappa shape index (κ3) is 5.80. The summed E-state index contributed by atoms with van der Waals surface area (Å²) in [6, 6.07) is 16.5. The lowest BCUT2D eigenvalue weighted by atomic mass is 9.94. The van der Waals surface area contributed by atoms with Crippen molar-refractivity contribution in [3.63, 3.8) is 0 Å². The molecular weight excluding hydrogens is 536 g/mol. The number of hydrogen-bond donors (Lipinski definition) is 2. The second-order valence-corrected chi connectivity index (χ2v) is 10.6. The van der Waals surface area contributed by atoms with Crippen LogP contribution in [0.25, 0.3) is 5.76 Å².